The van der Waals surface area contributed by atoms with Gasteiger partial charge < -0.3 is 0 Å². The fraction of sp³-hybridized carbons (Fsp3) is 0.208. The van der Waals surface area contributed by atoms with Gasteiger partial charge in [0.2, 0.25) is 10.0 Å². The maximum absolute atomic E-state index is 14.0. The Balaban J connectivity index is 1.83. The number of hydrogen-bond donors (Lipinski definition) is 1. The predicted octanol–water partition coefficient (Wildman–Crippen LogP) is 4.44. The molecule has 0 bridgehead atoms. The van der Waals surface area contributed by atoms with E-state index in [-0.39, 0.29) is 17.1 Å². The Labute approximate surface area is 199 Å². The number of nitrogens with zero attached hydrogens (tertiary/aromatic N) is 2. The van der Waals surface area contributed by atoms with Crippen molar-refractivity contribution in [1.29, 1.82) is 0 Å². The van der Waals surface area contributed by atoms with Crippen molar-refractivity contribution in [2.75, 3.05) is 10.5 Å². The summed E-state index contributed by atoms with van der Waals surface area (Å²) in [6, 6.07) is 18.0. The molecule has 0 saturated heterocycles. The van der Waals surface area contributed by atoms with Gasteiger partial charge in [0.25, 0.3) is 10.0 Å². The Kier molecular flexibility index (Phi) is 6.46. The van der Waals surface area contributed by atoms with E-state index in [0.717, 1.165) is 9.98 Å². The first-order valence-corrected chi connectivity index (χ1v) is 13.7. The summed E-state index contributed by atoms with van der Waals surface area (Å²) in [5.41, 5.74) is 2.49. The standard InChI is InChI=1S/C24H24FN3O4S2/c1-3-33(29,30)27-22-10-5-4-9-21(22)23-16-24(18-7-6-8-19(25)15-18)28(26-23)34(31,32)20-13-11-17(2)12-14-20/h4-15,24,27H,3,16H2,1-2H3. The van der Waals surface area contributed by atoms with E-state index in [1.807, 2.05) is 6.92 Å². The van der Waals surface area contributed by atoms with Gasteiger partial charge in [-0.3, -0.25) is 4.72 Å². The molecule has 4 rings (SSSR count). The maximum Gasteiger partial charge on any atom is 0.279 e. The van der Waals surface area contributed by atoms with Gasteiger partial charge in [-0.1, -0.05) is 48.0 Å². The van der Waals surface area contributed by atoms with Crippen LogP contribution in [-0.2, 0) is 20.0 Å². The number of anilines is 1. The number of halogens is 1. The number of nitrogens with one attached hydrogen (secondary N) is 1. The monoisotopic (exact) mass is 501 g/mol. The van der Waals surface area contributed by atoms with Gasteiger partial charge in [0.1, 0.15) is 5.82 Å². The summed E-state index contributed by atoms with van der Waals surface area (Å²) in [6.07, 6.45) is 0.138. The summed E-state index contributed by atoms with van der Waals surface area (Å²) in [7, 11) is -7.65. The van der Waals surface area contributed by atoms with E-state index in [4.69, 9.17) is 0 Å². The smallest absolute Gasteiger partial charge is 0.279 e. The first kappa shape index (κ1) is 23.9. The molecule has 0 saturated carbocycles. The number of hydrogen-bond acceptors (Lipinski definition) is 5. The van der Waals surface area contributed by atoms with Crippen LogP contribution in [0.3, 0.4) is 0 Å². The van der Waals surface area contributed by atoms with Crippen molar-refractivity contribution >= 4 is 31.4 Å². The second-order valence-corrected chi connectivity index (χ2v) is 11.8. The topological polar surface area (TPSA) is 95.9 Å². The number of rotatable bonds is 7. The first-order valence-electron chi connectivity index (χ1n) is 10.6. The molecule has 3 aromatic carbocycles. The summed E-state index contributed by atoms with van der Waals surface area (Å²) in [5.74, 6) is -0.608. The minimum absolute atomic E-state index is 0.0597. The maximum atomic E-state index is 14.0. The Morgan fingerprint density at radius 1 is 1.00 bits per heavy atom. The zero-order valence-corrected chi connectivity index (χ0v) is 20.3. The number of para-hydroxylation sites is 1. The summed E-state index contributed by atoms with van der Waals surface area (Å²) in [5, 5.41) is 4.44. The quantitative estimate of drug-likeness (QED) is 0.518. The molecule has 1 atom stereocenters. The van der Waals surface area contributed by atoms with Crippen molar-refractivity contribution in [3.8, 4) is 0 Å². The third-order valence-corrected chi connectivity index (χ3v) is 8.54. The van der Waals surface area contributed by atoms with Crippen molar-refractivity contribution < 1.29 is 21.2 Å². The van der Waals surface area contributed by atoms with Crippen molar-refractivity contribution in [3.05, 3.63) is 95.3 Å². The minimum atomic E-state index is -4.07. The zero-order valence-electron chi connectivity index (χ0n) is 18.6. The second-order valence-electron chi connectivity index (χ2n) is 7.96. The van der Waals surface area contributed by atoms with Gasteiger partial charge in [0, 0.05) is 12.0 Å². The first-order chi connectivity index (χ1) is 16.1. The molecule has 1 heterocycles. The van der Waals surface area contributed by atoms with Crippen molar-refractivity contribution in [1.82, 2.24) is 4.41 Å². The largest absolute Gasteiger partial charge is 0.283 e. The van der Waals surface area contributed by atoms with Crippen molar-refractivity contribution in [2.24, 2.45) is 5.10 Å². The number of hydrazone groups is 1. The third-order valence-electron chi connectivity index (χ3n) is 5.55. The van der Waals surface area contributed by atoms with Crippen LogP contribution in [0.5, 0.6) is 0 Å². The lowest BCUT2D eigenvalue weighted by atomic mass is 9.98. The Morgan fingerprint density at radius 3 is 2.38 bits per heavy atom. The van der Waals surface area contributed by atoms with Crippen LogP contribution in [0.1, 0.15) is 36.1 Å². The van der Waals surface area contributed by atoms with E-state index < -0.39 is 31.9 Å². The molecule has 0 aromatic heterocycles. The molecule has 34 heavy (non-hydrogen) atoms. The Hall–Kier alpha value is -3.24. The second kappa shape index (κ2) is 9.19. The molecule has 0 amide bonds. The van der Waals surface area contributed by atoms with Crippen LogP contribution >= 0.6 is 0 Å². The molecule has 0 aliphatic carbocycles. The molecule has 10 heteroatoms. The van der Waals surface area contributed by atoms with E-state index in [9.17, 15) is 21.2 Å². The summed E-state index contributed by atoms with van der Waals surface area (Å²) in [4.78, 5) is 0.0597. The van der Waals surface area contributed by atoms with E-state index in [0.29, 0.717) is 22.5 Å². The summed E-state index contributed by atoms with van der Waals surface area (Å²) in [6.45, 7) is 3.38. The molecule has 1 aliphatic rings. The van der Waals surface area contributed by atoms with Crippen LogP contribution in [0.2, 0.25) is 0 Å². The predicted molar refractivity (Wildman–Crippen MR) is 130 cm³/mol. The van der Waals surface area contributed by atoms with Gasteiger partial charge >= 0.3 is 0 Å². The molecule has 1 unspecified atom stereocenters. The van der Waals surface area contributed by atoms with E-state index in [2.05, 4.69) is 9.82 Å². The molecule has 1 N–H and O–H groups in total. The third kappa shape index (κ3) is 4.83. The van der Waals surface area contributed by atoms with E-state index in [1.54, 1.807) is 42.5 Å². The highest BCUT2D eigenvalue weighted by Crippen LogP contribution is 2.38. The molecule has 0 fully saturated rings. The number of aryl methyl sites for hydroxylation is 1. The molecule has 178 valence electrons. The van der Waals surface area contributed by atoms with Crippen molar-refractivity contribution in [3.63, 3.8) is 0 Å². The van der Waals surface area contributed by atoms with E-state index in [1.165, 1.54) is 37.3 Å². The van der Waals surface area contributed by atoms with Gasteiger partial charge in [0.15, 0.2) is 0 Å². The van der Waals surface area contributed by atoms with Gasteiger partial charge in [0.05, 0.1) is 28.1 Å². The van der Waals surface area contributed by atoms with Crippen LogP contribution in [0, 0.1) is 12.7 Å². The molecular formula is C24H24FN3O4S2. The summed E-state index contributed by atoms with van der Waals surface area (Å²) >= 11 is 0. The molecule has 7 nitrogen and oxygen atoms in total. The molecule has 0 spiro atoms. The lowest BCUT2D eigenvalue weighted by Gasteiger charge is -2.23. The lowest BCUT2D eigenvalue weighted by molar-refractivity contribution is 0.370. The molecule has 3 aromatic rings. The normalized spacial score (nSPS) is 16.4. The SMILES string of the molecule is CCS(=O)(=O)Nc1ccccc1C1=NN(S(=O)(=O)c2ccc(C)cc2)C(c2cccc(F)c2)C1. The van der Waals surface area contributed by atoms with Gasteiger partial charge in [-0.05, 0) is 49.7 Å². The van der Waals surface area contributed by atoms with Gasteiger partial charge in [-0.2, -0.15) is 17.9 Å². The highest BCUT2D eigenvalue weighted by atomic mass is 32.2. The van der Waals surface area contributed by atoms with Gasteiger partial charge in [-0.15, -0.1) is 0 Å². The highest BCUT2D eigenvalue weighted by molar-refractivity contribution is 7.92. The van der Waals surface area contributed by atoms with Gasteiger partial charge in [-0.25, -0.2) is 12.8 Å². The number of sulfonamides is 2. The lowest BCUT2D eigenvalue weighted by Crippen LogP contribution is -2.27. The van der Waals surface area contributed by atoms with Crippen molar-refractivity contribution in [2.45, 2.75) is 31.2 Å². The van der Waals surface area contributed by atoms with Crippen LogP contribution in [0.25, 0.3) is 0 Å². The molecule has 1 aliphatic heterocycles. The number of benzene rings is 3. The van der Waals surface area contributed by atoms with Crippen LogP contribution in [0.15, 0.2) is 82.8 Å². The highest BCUT2D eigenvalue weighted by Gasteiger charge is 2.38. The van der Waals surface area contributed by atoms with E-state index >= 15 is 0 Å². The summed E-state index contributed by atoms with van der Waals surface area (Å²) < 4.78 is 69.1. The fourth-order valence-electron chi connectivity index (χ4n) is 3.72. The van der Waals surface area contributed by atoms with Crippen LogP contribution < -0.4 is 4.72 Å². The van der Waals surface area contributed by atoms with Crippen LogP contribution in [0.4, 0.5) is 10.1 Å². The molecular weight excluding hydrogens is 477 g/mol. The Bertz CT molecular complexity index is 1450. The minimum Gasteiger partial charge on any atom is -0.283 e. The average molecular weight is 502 g/mol. The zero-order chi connectivity index (χ0) is 24.5. The Morgan fingerprint density at radius 2 is 1.71 bits per heavy atom. The molecule has 0 radical (unpaired) electrons. The average Bonchev–Trinajstić information content (AvgIpc) is 3.26. The fourth-order valence-corrected chi connectivity index (χ4v) is 5.81. The van der Waals surface area contributed by atoms with Crippen LogP contribution in [-0.4, -0.2) is 32.7 Å².